The van der Waals surface area contributed by atoms with Crippen LogP contribution in [0, 0.1) is 0 Å². The lowest BCUT2D eigenvalue weighted by molar-refractivity contribution is -0.0182. The van der Waals surface area contributed by atoms with Crippen LogP contribution in [0.5, 0.6) is 5.75 Å². The smallest absolute Gasteiger partial charge is 0.405 e. The summed E-state index contributed by atoms with van der Waals surface area (Å²) in [5.74, 6) is 0.771. The van der Waals surface area contributed by atoms with Crippen molar-refractivity contribution >= 4 is 6.09 Å². The van der Waals surface area contributed by atoms with E-state index in [0.29, 0.717) is 25.9 Å². The summed E-state index contributed by atoms with van der Waals surface area (Å²) >= 11 is 0. The fourth-order valence-electron chi connectivity index (χ4n) is 2.13. The molecule has 6 heteroatoms. The van der Waals surface area contributed by atoms with Gasteiger partial charge in [0, 0.05) is 0 Å². The molecular formula is C17H26FNO4. The molecule has 130 valence electrons. The van der Waals surface area contributed by atoms with E-state index in [2.05, 4.69) is 0 Å². The van der Waals surface area contributed by atoms with Crippen LogP contribution in [-0.2, 0) is 11.2 Å². The van der Waals surface area contributed by atoms with Gasteiger partial charge in [-0.05, 0) is 56.7 Å². The van der Waals surface area contributed by atoms with Crippen molar-refractivity contribution < 1.29 is 23.8 Å². The Kier molecular flexibility index (Phi) is 8.40. The molecule has 0 aliphatic carbocycles. The largest absolute Gasteiger partial charge is 0.494 e. The number of carbonyl (C=O) groups is 1. The van der Waals surface area contributed by atoms with Crippen LogP contribution in [0.1, 0.15) is 38.2 Å². The molecule has 1 amide bonds. The topological polar surface area (TPSA) is 81.8 Å². The first-order valence-electron chi connectivity index (χ1n) is 7.86. The first-order chi connectivity index (χ1) is 11.0. The molecule has 5 nitrogen and oxygen atoms in total. The minimum atomic E-state index is -0.975. The van der Waals surface area contributed by atoms with Gasteiger partial charge in [-0.1, -0.05) is 12.1 Å². The molecule has 1 aromatic carbocycles. The average Bonchev–Trinajstić information content (AvgIpc) is 2.53. The van der Waals surface area contributed by atoms with Crippen LogP contribution in [0.2, 0.25) is 0 Å². The number of amides is 1. The maximum Gasteiger partial charge on any atom is 0.405 e. The molecular weight excluding hydrogens is 301 g/mol. The number of hydrogen-bond acceptors (Lipinski definition) is 4. The van der Waals surface area contributed by atoms with Crippen LogP contribution in [0.15, 0.2) is 24.3 Å². The lowest BCUT2D eigenvalue weighted by Gasteiger charge is -2.26. The number of aliphatic hydroxyl groups excluding tert-OH is 1. The molecule has 0 fully saturated rings. The van der Waals surface area contributed by atoms with Crippen molar-refractivity contribution in [3.05, 3.63) is 29.8 Å². The number of primary amides is 1. The van der Waals surface area contributed by atoms with Crippen LogP contribution in [0.25, 0.3) is 0 Å². The minimum absolute atomic E-state index is 0.277. The molecule has 23 heavy (non-hydrogen) atoms. The van der Waals surface area contributed by atoms with Crippen molar-refractivity contribution in [1.29, 1.82) is 0 Å². The highest BCUT2D eigenvalue weighted by Crippen LogP contribution is 2.20. The van der Waals surface area contributed by atoms with Gasteiger partial charge in [-0.2, -0.15) is 0 Å². The monoisotopic (exact) mass is 327 g/mol. The maximum absolute atomic E-state index is 11.9. The number of halogens is 1. The van der Waals surface area contributed by atoms with E-state index in [1.54, 1.807) is 6.92 Å². The van der Waals surface area contributed by atoms with Gasteiger partial charge in [0.2, 0.25) is 0 Å². The summed E-state index contributed by atoms with van der Waals surface area (Å²) < 4.78 is 22.5. The number of rotatable bonds is 11. The second-order valence-corrected chi connectivity index (χ2v) is 5.77. The summed E-state index contributed by atoms with van der Waals surface area (Å²) in [6.45, 7) is 1.66. The Morgan fingerprint density at radius 2 is 1.96 bits per heavy atom. The summed E-state index contributed by atoms with van der Waals surface area (Å²) in [6.07, 6.45) is 2.47. The number of aliphatic hydroxyl groups is 1. The standard InChI is InChI=1S/C17H26FNO4/c1-17(13-20,23-16(19)21)10-9-14-5-7-15(8-6-14)22-12-4-2-3-11-18/h5-8,20H,2-4,9-13H2,1H3,(H2,19,21)/t17-/m1/s1. The number of nitrogens with two attached hydrogens (primary N) is 1. The van der Waals surface area contributed by atoms with Gasteiger partial charge in [0.25, 0.3) is 0 Å². The predicted molar refractivity (Wildman–Crippen MR) is 86.2 cm³/mol. The highest BCUT2D eigenvalue weighted by atomic mass is 19.1. The van der Waals surface area contributed by atoms with E-state index in [0.717, 1.165) is 24.2 Å². The van der Waals surface area contributed by atoms with Crippen molar-refractivity contribution in [2.24, 2.45) is 5.73 Å². The summed E-state index contributed by atoms with van der Waals surface area (Å²) in [6, 6.07) is 7.60. The van der Waals surface area contributed by atoms with E-state index in [1.165, 1.54) is 0 Å². The van der Waals surface area contributed by atoms with Gasteiger partial charge in [-0.25, -0.2) is 4.79 Å². The molecule has 0 unspecified atom stereocenters. The van der Waals surface area contributed by atoms with Gasteiger partial charge < -0.3 is 20.3 Å². The highest BCUT2D eigenvalue weighted by molar-refractivity contribution is 5.65. The number of alkyl halides is 1. The molecule has 0 aliphatic rings. The van der Waals surface area contributed by atoms with E-state index in [4.69, 9.17) is 15.2 Å². The molecule has 0 aromatic heterocycles. The second-order valence-electron chi connectivity index (χ2n) is 5.77. The van der Waals surface area contributed by atoms with Crippen molar-refractivity contribution in [2.75, 3.05) is 19.9 Å². The minimum Gasteiger partial charge on any atom is -0.494 e. The van der Waals surface area contributed by atoms with Gasteiger partial charge in [-0.15, -0.1) is 0 Å². The Bertz CT molecular complexity index is 466. The van der Waals surface area contributed by atoms with Crippen molar-refractivity contribution in [3.63, 3.8) is 0 Å². The predicted octanol–water partition coefficient (Wildman–Crippen LogP) is 2.98. The van der Waals surface area contributed by atoms with Crippen LogP contribution in [0.3, 0.4) is 0 Å². The molecule has 0 saturated carbocycles. The zero-order valence-corrected chi connectivity index (χ0v) is 13.6. The zero-order valence-electron chi connectivity index (χ0n) is 13.6. The van der Waals surface area contributed by atoms with Crippen LogP contribution in [0.4, 0.5) is 9.18 Å². The molecule has 0 saturated heterocycles. The normalized spacial score (nSPS) is 13.3. The summed E-state index contributed by atoms with van der Waals surface area (Å²) in [4.78, 5) is 10.8. The molecule has 1 aromatic rings. The number of hydrogen-bond donors (Lipinski definition) is 2. The SMILES string of the molecule is C[C@](CO)(CCc1ccc(OCCCCCF)cc1)OC(N)=O. The Morgan fingerprint density at radius 3 is 2.52 bits per heavy atom. The zero-order chi connectivity index (χ0) is 17.1. The fraction of sp³-hybridized carbons (Fsp3) is 0.588. The molecule has 0 spiro atoms. The van der Waals surface area contributed by atoms with E-state index in [9.17, 15) is 14.3 Å². The molecule has 0 radical (unpaired) electrons. The Labute approximate surface area is 136 Å². The van der Waals surface area contributed by atoms with Crippen molar-refractivity contribution in [3.8, 4) is 5.75 Å². The Morgan fingerprint density at radius 1 is 1.26 bits per heavy atom. The third-order valence-corrected chi connectivity index (χ3v) is 3.59. The fourth-order valence-corrected chi connectivity index (χ4v) is 2.13. The number of benzene rings is 1. The third-order valence-electron chi connectivity index (χ3n) is 3.59. The quantitative estimate of drug-likeness (QED) is 0.612. The lowest BCUT2D eigenvalue weighted by atomic mass is 9.97. The van der Waals surface area contributed by atoms with Crippen molar-refractivity contribution in [1.82, 2.24) is 0 Å². The van der Waals surface area contributed by atoms with Crippen LogP contribution >= 0.6 is 0 Å². The third kappa shape index (κ3) is 7.83. The van der Waals surface area contributed by atoms with Crippen LogP contribution < -0.4 is 10.5 Å². The molecule has 1 atom stereocenters. The van der Waals surface area contributed by atoms with Crippen molar-refractivity contribution in [2.45, 2.75) is 44.6 Å². The first kappa shape index (κ1) is 19.2. The Balaban J connectivity index is 2.40. The van der Waals surface area contributed by atoms with Gasteiger partial charge in [0.15, 0.2) is 0 Å². The van der Waals surface area contributed by atoms with Gasteiger partial charge in [0.05, 0.1) is 19.9 Å². The van der Waals surface area contributed by atoms with E-state index < -0.39 is 11.7 Å². The summed E-state index contributed by atoms with van der Waals surface area (Å²) in [5.41, 5.74) is 5.08. The molecule has 0 aliphatic heterocycles. The number of unbranched alkanes of at least 4 members (excludes halogenated alkanes) is 2. The first-order valence-corrected chi connectivity index (χ1v) is 7.86. The number of ether oxygens (including phenoxy) is 2. The molecule has 0 heterocycles. The lowest BCUT2D eigenvalue weighted by Crippen LogP contribution is -2.38. The summed E-state index contributed by atoms with van der Waals surface area (Å²) in [5, 5.41) is 9.34. The van der Waals surface area contributed by atoms with E-state index >= 15 is 0 Å². The van der Waals surface area contributed by atoms with E-state index in [1.807, 2.05) is 24.3 Å². The maximum atomic E-state index is 11.9. The summed E-state index contributed by atoms with van der Waals surface area (Å²) in [7, 11) is 0. The van der Waals surface area contributed by atoms with Gasteiger partial charge >= 0.3 is 6.09 Å². The van der Waals surface area contributed by atoms with Gasteiger partial charge in [0.1, 0.15) is 11.4 Å². The van der Waals surface area contributed by atoms with E-state index in [-0.39, 0.29) is 13.3 Å². The highest BCUT2D eigenvalue weighted by Gasteiger charge is 2.26. The van der Waals surface area contributed by atoms with Crippen LogP contribution in [-0.4, -0.2) is 36.7 Å². The number of carbonyl (C=O) groups excluding carboxylic acids is 1. The Hall–Kier alpha value is -1.82. The van der Waals surface area contributed by atoms with Gasteiger partial charge in [-0.3, -0.25) is 4.39 Å². The second kappa shape index (κ2) is 10.0. The molecule has 1 rings (SSSR count). The molecule has 3 N–H and O–H groups in total. The average molecular weight is 327 g/mol. The molecule has 0 bridgehead atoms. The number of aryl methyl sites for hydroxylation is 1.